The van der Waals surface area contributed by atoms with Crippen LogP contribution in [0.1, 0.15) is 24.3 Å². The second-order valence-corrected chi connectivity index (χ2v) is 13.4. The van der Waals surface area contributed by atoms with Gasteiger partial charge in [-0.3, -0.25) is 29.0 Å². The number of imide groups is 2. The summed E-state index contributed by atoms with van der Waals surface area (Å²) in [4.78, 5) is 53.4. The smallest absolute Gasteiger partial charge is 0.254 e. The van der Waals surface area contributed by atoms with Crippen molar-refractivity contribution in [1.29, 1.82) is 0 Å². The number of phenolic OH excluding ortho intramolecular Hbond substituents is 1. The van der Waals surface area contributed by atoms with Gasteiger partial charge < -0.3 is 9.84 Å². The molecule has 12 heteroatoms. The van der Waals surface area contributed by atoms with Crippen LogP contribution in [0, 0.1) is 21.3 Å². The Balaban J connectivity index is 1.55. The molecule has 2 aromatic carbocycles. The van der Waals surface area contributed by atoms with Crippen molar-refractivity contribution in [2.24, 2.45) is 17.8 Å². The molecule has 0 spiro atoms. The lowest BCUT2D eigenvalue weighted by Crippen LogP contribution is -2.60. The molecule has 0 radical (unpaired) electrons. The highest BCUT2D eigenvalue weighted by molar-refractivity contribution is 14.1. The molecule has 208 valence electrons. The summed E-state index contributed by atoms with van der Waals surface area (Å²) in [7, 11) is 1.42. The first-order valence-corrected chi connectivity index (χ1v) is 15.5. The Labute approximate surface area is 261 Å². The molecular weight excluding hydrogens is 738 g/mol. The standard InChI is InChI=1S/C28H22BrCl2IN2O6/c1-40-19-4-2-3-18(35)21(19)22-15-9-10-16-20(24(37)34(23(16)36)14-7-5-13(32)6-8-14)17(15)11-27(30)25(38)33(12-29)26(39)28(22,27)31/h2-9,16-17,20,22,35H,10-12H2,1H3/t16-,17+,20-,22+,27+,28-/m0/s1. The predicted octanol–water partition coefficient (Wildman–Crippen LogP) is 4.92. The molecule has 2 heterocycles. The Kier molecular flexibility index (Phi) is 6.79. The highest BCUT2D eigenvalue weighted by Crippen LogP contribution is 2.67. The molecule has 2 aliphatic carbocycles. The summed E-state index contributed by atoms with van der Waals surface area (Å²) in [5.41, 5.74) is 1.11. The molecule has 4 amide bonds. The minimum absolute atomic E-state index is 0.133. The minimum atomic E-state index is -2.03. The Morgan fingerprint density at radius 1 is 1.05 bits per heavy atom. The third-order valence-electron chi connectivity index (χ3n) is 8.65. The van der Waals surface area contributed by atoms with Crippen molar-refractivity contribution in [3.05, 3.63) is 63.2 Å². The van der Waals surface area contributed by atoms with Gasteiger partial charge in [0.25, 0.3) is 11.8 Å². The summed E-state index contributed by atoms with van der Waals surface area (Å²) in [6, 6.07) is 11.7. The highest BCUT2D eigenvalue weighted by Gasteiger charge is 2.76. The topological polar surface area (TPSA) is 104 Å². The van der Waals surface area contributed by atoms with Crippen molar-refractivity contribution in [1.82, 2.24) is 4.90 Å². The molecule has 0 unspecified atom stereocenters. The maximum atomic E-state index is 14.0. The lowest BCUT2D eigenvalue weighted by atomic mass is 9.56. The molecule has 4 aliphatic rings. The number of carbonyl (C=O) groups is 4. The van der Waals surface area contributed by atoms with Gasteiger partial charge in [-0.1, -0.05) is 33.6 Å². The van der Waals surface area contributed by atoms with E-state index in [9.17, 15) is 24.3 Å². The molecular formula is C28H22BrCl2IN2O6. The summed E-state index contributed by atoms with van der Waals surface area (Å²) in [5, 5.41) is 11.1. The summed E-state index contributed by atoms with van der Waals surface area (Å²) >= 11 is 19.8. The number of allylic oxidation sites excluding steroid dienone is 2. The third-order valence-corrected chi connectivity index (χ3v) is 11.3. The number of halogens is 4. The predicted molar refractivity (Wildman–Crippen MR) is 160 cm³/mol. The van der Waals surface area contributed by atoms with Gasteiger partial charge in [-0.15, -0.1) is 23.2 Å². The number of fused-ring (bicyclic) bond motifs is 4. The van der Waals surface area contributed by atoms with Crippen LogP contribution in [0.25, 0.3) is 0 Å². The number of anilines is 1. The fourth-order valence-corrected chi connectivity index (χ4v) is 8.68. The number of hydrogen-bond donors (Lipinski definition) is 1. The molecule has 1 N–H and O–H groups in total. The van der Waals surface area contributed by atoms with Crippen LogP contribution in [0.5, 0.6) is 11.5 Å². The third kappa shape index (κ3) is 3.54. The van der Waals surface area contributed by atoms with E-state index in [1.54, 1.807) is 24.3 Å². The maximum Gasteiger partial charge on any atom is 0.254 e. The van der Waals surface area contributed by atoms with E-state index in [4.69, 9.17) is 27.9 Å². The van der Waals surface area contributed by atoms with E-state index in [0.29, 0.717) is 11.3 Å². The van der Waals surface area contributed by atoms with E-state index < -0.39 is 51.1 Å². The van der Waals surface area contributed by atoms with Gasteiger partial charge in [0, 0.05) is 15.1 Å². The minimum Gasteiger partial charge on any atom is -0.508 e. The van der Waals surface area contributed by atoms with Crippen LogP contribution in [-0.2, 0) is 19.2 Å². The zero-order valence-corrected chi connectivity index (χ0v) is 26.2. The quantitative estimate of drug-likeness (QED) is 0.156. The second kappa shape index (κ2) is 9.71. The van der Waals surface area contributed by atoms with Crippen molar-refractivity contribution in [2.75, 3.05) is 17.5 Å². The number of hydrogen-bond acceptors (Lipinski definition) is 6. The number of rotatable bonds is 4. The maximum absolute atomic E-state index is 14.0. The lowest BCUT2D eigenvalue weighted by Gasteiger charge is -2.50. The molecule has 6 atom stereocenters. The Morgan fingerprint density at radius 2 is 1.75 bits per heavy atom. The molecule has 2 aliphatic heterocycles. The van der Waals surface area contributed by atoms with Crippen LogP contribution in [0.3, 0.4) is 0 Å². The zero-order chi connectivity index (χ0) is 28.7. The molecule has 8 nitrogen and oxygen atoms in total. The molecule has 2 aromatic rings. The molecule has 40 heavy (non-hydrogen) atoms. The van der Waals surface area contributed by atoms with E-state index in [-0.39, 0.29) is 41.3 Å². The monoisotopic (exact) mass is 758 g/mol. The largest absolute Gasteiger partial charge is 0.508 e. The number of methoxy groups -OCH3 is 1. The van der Waals surface area contributed by atoms with Crippen LogP contribution < -0.4 is 9.64 Å². The van der Waals surface area contributed by atoms with Crippen molar-refractivity contribution < 1.29 is 29.0 Å². The van der Waals surface area contributed by atoms with Crippen molar-refractivity contribution >= 4 is 91.0 Å². The highest BCUT2D eigenvalue weighted by atomic mass is 127. The normalized spacial score (nSPS) is 33.1. The van der Waals surface area contributed by atoms with Crippen molar-refractivity contribution in [3.63, 3.8) is 0 Å². The average Bonchev–Trinajstić information content (AvgIpc) is 3.27. The van der Waals surface area contributed by atoms with Gasteiger partial charge in [0.05, 0.1) is 30.1 Å². The summed E-state index contributed by atoms with van der Waals surface area (Å²) < 4.78 is 6.53. The zero-order valence-electron chi connectivity index (χ0n) is 20.9. The van der Waals surface area contributed by atoms with Crippen LogP contribution in [-0.4, -0.2) is 55.9 Å². The van der Waals surface area contributed by atoms with Gasteiger partial charge in [0.2, 0.25) is 11.8 Å². The number of likely N-dealkylation sites (tertiary alicyclic amines) is 1. The Hall–Kier alpha value is -2.15. The number of carbonyl (C=O) groups excluding carboxylic acids is 4. The van der Waals surface area contributed by atoms with Gasteiger partial charge in [-0.05, 0) is 77.7 Å². The van der Waals surface area contributed by atoms with Crippen LogP contribution in [0.4, 0.5) is 5.69 Å². The second-order valence-electron chi connectivity index (χ2n) is 10.4. The fourth-order valence-electron chi connectivity index (χ4n) is 6.92. The first-order valence-electron chi connectivity index (χ1n) is 12.5. The van der Waals surface area contributed by atoms with Crippen LogP contribution >= 0.6 is 61.7 Å². The summed E-state index contributed by atoms with van der Waals surface area (Å²) in [5.74, 6) is -5.39. The number of nitrogens with zero attached hydrogens (tertiary/aromatic N) is 2. The van der Waals surface area contributed by atoms with E-state index in [0.717, 1.165) is 8.47 Å². The molecule has 6 rings (SSSR count). The van der Waals surface area contributed by atoms with Gasteiger partial charge >= 0.3 is 0 Å². The van der Waals surface area contributed by atoms with Crippen LogP contribution in [0.2, 0.25) is 0 Å². The van der Waals surface area contributed by atoms with Gasteiger partial charge in [0.1, 0.15) is 11.5 Å². The Morgan fingerprint density at radius 3 is 2.40 bits per heavy atom. The Bertz CT molecular complexity index is 1520. The van der Waals surface area contributed by atoms with Gasteiger partial charge in [-0.25, -0.2) is 0 Å². The van der Waals surface area contributed by atoms with E-state index in [1.165, 1.54) is 18.1 Å². The number of ether oxygens (including phenoxy) is 1. The summed E-state index contributed by atoms with van der Waals surface area (Å²) in [6.45, 7) is 0. The molecule has 3 fully saturated rings. The molecule has 0 bridgehead atoms. The number of phenols is 1. The number of amides is 4. The number of benzene rings is 2. The van der Waals surface area contributed by atoms with Crippen molar-refractivity contribution in [3.8, 4) is 11.5 Å². The summed E-state index contributed by atoms with van der Waals surface area (Å²) in [6.07, 6.45) is 1.91. The first-order chi connectivity index (χ1) is 19.0. The van der Waals surface area contributed by atoms with E-state index >= 15 is 0 Å². The van der Waals surface area contributed by atoms with Crippen LogP contribution in [0.15, 0.2) is 54.1 Å². The fraction of sp³-hybridized carbons (Fsp3) is 0.357. The SMILES string of the molecule is COc1cccc(O)c1[C@H]1C2=CC[C@@H]3C(=O)N(c4ccc(I)cc4)C(=O)[C@@H]3[C@@H]2C[C@@]2(Cl)C(=O)N(CBr)C(=O)[C@@]12Cl. The molecule has 1 saturated carbocycles. The van der Waals surface area contributed by atoms with Gasteiger partial charge in [0.15, 0.2) is 9.75 Å². The lowest BCUT2D eigenvalue weighted by molar-refractivity contribution is -0.138. The molecule has 2 saturated heterocycles. The molecule has 0 aromatic heterocycles. The number of alkyl halides is 3. The van der Waals surface area contributed by atoms with E-state index in [2.05, 4.69) is 38.5 Å². The first kappa shape index (κ1) is 28.0. The number of aromatic hydroxyl groups is 1. The average molecular weight is 760 g/mol. The van der Waals surface area contributed by atoms with Gasteiger partial charge in [-0.2, -0.15) is 0 Å². The van der Waals surface area contributed by atoms with Crippen molar-refractivity contribution in [2.45, 2.75) is 28.5 Å². The van der Waals surface area contributed by atoms with E-state index in [1.807, 2.05) is 18.2 Å².